The van der Waals surface area contributed by atoms with Gasteiger partial charge in [-0.05, 0) is 19.9 Å². The van der Waals surface area contributed by atoms with E-state index in [9.17, 15) is 9.59 Å². The normalized spacial score (nSPS) is 20.5. The average molecular weight is 243 g/mol. The van der Waals surface area contributed by atoms with Crippen molar-refractivity contribution >= 4 is 11.8 Å². The zero-order valence-corrected chi connectivity index (χ0v) is 10.5. The van der Waals surface area contributed by atoms with Gasteiger partial charge in [0.05, 0.1) is 19.2 Å². The summed E-state index contributed by atoms with van der Waals surface area (Å²) in [6.45, 7) is 1.76. The van der Waals surface area contributed by atoms with Crippen molar-refractivity contribution in [3.63, 3.8) is 0 Å². The standard InChI is InChI=1S/C11H21N3O3/c1-12-9-4-3-6-14(11(9)16)8-10(15)13-5-7-17-2/h9,12H,3-8H2,1-2H3,(H,13,15). The van der Waals surface area contributed by atoms with Gasteiger partial charge in [0, 0.05) is 20.2 Å². The third-order valence-corrected chi connectivity index (χ3v) is 2.84. The number of likely N-dealkylation sites (N-methyl/N-ethyl adjacent to an activating group) is 1. The lowest BCUT2D eigenvalue weighted by Crippen LogP contribution is -2.52. The largest absolute Gasteiger partial charge is 0.383 e. The van der Waals surface area contributed by atoms with Gasteiger partial charge in [-0.15, -0.1) is 0 Å². The maximum absolute atomic E-state index is 11.9. The molecule has 1 saturated heterocycles. The molecule has 2 N–H and O–H groups in total. The van der Waals surface area contributed by atoms with E-state index in [-0.39, 0.29) is 24.4 Å². The number of hydrogen-bond acceptors (Lipinski definition) is 4. The van der Waals surface area contributed by atoms with Crippen molar-refractivity contribution in [1.82, 2.24) is 15.5 Å². The van der Waals surface area contributed by atoms with Crippen LogP contribution in [-0.4, -0.2) is 63.2 Å². The monoisotopic (exact) mass is 243 g/mol. The minimum atomic E-state index is -0.143. The van der Waals surface area contributed by atoms with Gasteiger partial charge in [0.2, 0.25) is 11.8 Å². The summed E-state index contributed by atoms with van der Waals surface area (Å²) in [4.78, 5) is 25.0. The molecule has 0 radical (unpaired) electrons. The van der Waals surface area contributed by atoms with E-state index in [1.165, 1.54) is 0 Å². The number of amides is 2. The van der Waals surface area contributed by atoms with Crippen molar-refractivity contribution in [3.05, 3.63) is 0 Å². The molecule has 1 unspecified atom stereocenters. The number of carbonyl (C=O) groups excluding carboxylic acids is 2. The number of nitrogens with zero attached hydrogens (tertiary/aromatic N) is 1. The molecule has 0 aromatic carbocycles. The summed E-state index contributed by atoms with van der Waals surface area (Å²) < 4.78 is 4.83. The predicted octanol–water partition coefficient (Wildman–Crippen LogP) is -1.04. The molecule has 0 aromatic heterocycles. The molecule has 0 spiro atoms. The predicted molar refractivity (Wildman–Crippen MR) is 63.5 cm³/mol. The van der Waals surface area contributed by atoms with Gasteiger partial charge in [0.15, 0.2) is 0 Å². The van der Waals surface area contributed by atoms with E-state index in [0.717, 1.165) is 12.8 Å². The molecule has 1 heterocycles. The number of likely N-dealkylation sites (tertiary alicyclic amines) is 1. The molecular formula is C11H21N3O3. The van der Waals surface area contributed by atoms with E-state index >= 15 is 0 Å². The van der Waals surface area contributed by atoms with Gasteiger partial charge in [-0.1, -0.05) is 0 Å². The second-order valence-corrected chi connectivity index (χ2v) is 4.09. The highest BCUT2D eigenvalue weighted by molar-refractivity contribution is 5.88. The fraction of sp³-hybridized carbons (Fsp3) is 0.818. The fourth-order valence-electron chi connectivity index (χ4n) is 1.89. The van der Waals surface area contributed by atoms with Gasteiger partial charge < -0.3 is 20.3 Å². The molecule has 1 rings (SSSR count). The van der Waals surface area contributed by atoms with Gasteiger partial charge in [-0.25, -0.2) is 0 Å². The molecule has 17 heavy (non-hydrogen) atoms. The van der Waals surface area contributed by atoms with E-state index in [1.807, 2.05) is 0 Å². The van der Waals surface area contributed by atoms with Crippen LogP contribution in [0.4, 0.5) is 0 Å². The van der Waals surface area contributed by atoms with E-state index in [2.05, 4.69) is 10.6 Å². The van der Waals surface area contributed by atoms with Crippen LogP contribution >= 0.6 is 0 Å². The summed E-state index contributed by atoms with van der Waals surface area (Å²) >= 11 is 0. The lowest BCUT2D eigenvalue weighted by Gasteiger charge is -2.31. The average Bonchev–Trinajstić information content (AvgIpc) is 2.32. The molecule has 98 valence electrons. The first-order chi connectivity index (χ1) is 8.19. The quantitative estimate of drug-likeness (QED) is 0.585. The van der Waals surface area contributed by atoms with Gasteiger partial charge in [-0.3, -0.25) is 9.59 Å². The smallest absolute Gasteiger partial charge is 0.240 e. The second-order valence-electron chi connectivity index (χ2n) is 4.09. The van der Waals surface area contributed by atoms with Gasteiger partial charge >= 0.3 is 0 Å². The van der Waals surface area contributed by atoms with E-state index < -0.39 is 0 Å². The first-order valence-electron chi connectivity index (χ1n) is 5.90. The van der Waals surface area contributed by atoms with Crippen LogP contribution in [0.3, 0.4) is 0 Å². The molecule has 0 aromatic rings. The molecule has 2 amide bonds. The van der Waals surface area contributed by atoms with Crippen molar-refractivity contribution in [2.75, 3.05) is 40.4 Å². The highest BCUT2D eigenvalue weighted by Crippen LogP contribution is 2.10. The Morgan fingerprint density at radius 2 is 2.35 bits per heavy atom. The first kappa shape index (κ1) is 13.9. The molecular weight excluding hydrogens is 222 g/mol. The van der Waals surface area contributed by atoms with Crippen LogP contribution in [-0.2, 0) is 14.3 Å². The fourth-order valence-corrected chi connectivity index (χ4v) is 1.89. The van der Waals surface area contributed by atoms with Crippen LogP contribution in [0.25, 0.3) is 0 Å². The maximum Gasteiger partial charge on any atom is 0.240 e. The Hall–Kier alpha value is -1.14. The zero-order chi connectivity index (χ0) is 12.7. The minimum absolute atomic E-state index is 0.0145. The topological polar surface area (TPSA) is 70.7 Å². The first-order valence-corrected chi connectivity index (χ1v) is 5.90. The van der Waals surface area contributed by atoms with E-state index in [1.54, 1.807) is 19.1 Å². The molecule has 6 heteroatoms. The van der Waals surface area contributed by atoms with Crippen molar-refractivity contribution in [2.24, 2.45) is 0 Å². The van der Waals surface area contributed by atoms with Crippen LogP contribution in [0.2, 0.25) is 0 Å². The van der Waals surface area contributed by atoms with Gasteiger partial charge in [-0.2, -0.15) is 0 Å². The highest BCUT2D eigenvalue weighted by Gasteiger charge is 2.28. The number of nitrogens with one attached hydrogen (secondary N) is 2. The lowest BCUT2D eigenvalue weighted by molar-refractivity contribution is -0.139. The van der Waals surface area contributed by atoms with Crippen molar-refractivity contribution in [2.45, 2.75) is 18.9 Å². The molecule has 1 atom stereocenters. The number of hydrogen-bond donors (Lipinski definition) is 2. The van der Waals surface area contributed by atoms with Gasteiger partial charge in [0.1, 0.15) is 0 Å². The molecule has 0 bridgehead atoms. The Kier molecular flexibility index (Phi) is 5.93. The summed E-state index contributed by atoms with van der Waals surface area (Å²) in [5.74, 6) is -0.118. The minimum Gasteiger partial charge on any atom is -0.383 e. The van der Waals surface area contributed by atoms with Crippen molar-refractivity contribution < 1.29 is 14.3 Å². The molecule has 1 aliphatic rings. The Bertz CT molecular complexity index is 271. The summed E-state index contributed by atoms with van der Waals surface area (Å²) in [5, 5.41) is 5.67. The summed E-state index contributed by atoms with van der Waals surface area (Å²) in [6.07, 6.45) is 1.78. The Morgan fingerprint density at radius 1 is 1.59 bits per heavy atom. The molecule has 0 aliphatic carbocycles. The molecule has 1 aliphatic heterocycles. The summed E-state index contributed by atoms with van der Waals surface area (Å²) in [6, 6.07) is -0.143. The van der Waals surface area contributed by atoms with E-state index in [4.69, 9.17) is 4.74 Å². The summed E-state index contributed by atoms with van der Waals surface area (Å²) in [5.41, 5.74) is 0. The van der Waals surface area contributed by atoms with Crippen LogP contribution in [0, 0.1) is 0 Å². The SMILES string of the molecule is CNC1CCCN(CC(=O)NCCOC)C1=O. The lowest BCUT2D eigenvalue weighted by atomic mass is 10.1. The van der Waals surface area contributed by atoms with Crippen LogP contribution < -0.4 is 10.6 Å². The Balaban J connectivity index is 2.34. The Labute approximate surface area is 102 Å². The molecule has 6 nitrogen and oxygen atoms in total. The number of carbonyl (C=O) groups is 2. The third-order valence-electron chi connectivity index (χ3n) is 2.84. The van der Waals surface area contributed by atoms with Crippen molar-refractivity contribution in [1.29, 1.82) is 0 Å². The third kappa shape index (κ3) is 4.32. The number of methoxy groups -OCH3 is 1. The highest BCUT2D eigenvalue weighted by atomic mass is 16.5. The Morgan fingerprint density at radius 3 is 3.00 bits per heavy atom. The number of piperidine rings is 1. The molecule has 1 fully saturated rings. The van der Waals surface area contributed by atoms with Gasteiger partial charge in [0.25, 0.3) is 0 Å². The van der Waals surface area contributed by atoms with E-state index in [0.29, 0.717) is 19.7 Å². The zero-order valence-electron chi connectivity index (χ0n) is 10.5. The van der Waals surface area contributed by atoms with Crippen LogP contribution in [0.15, 0.2) is 0 Å². The summed E-state index contributed by atoms with van der Waals surface area (Å²) in [7, 11) is 3.35. The van der Waals surface area contributed by atoms with Crippen molar-refractivity contribution in [3.8, 4) is 0 Å². The van der Waals surface area contributed by atoms with Crippen LogP contribution in [0.5, 0.6) is 0 Å². The molecule has 0 saturated carbocycles. The maximum atomic E-state index is 11.9. The van der Waals surface area contributed by atoms with Crippen LogP contribution in [0.1, 0.15) is 12.8 Å². The second kappa shape index (κ2) is 7.24. The number of rotatable bonds is 6. The number of ether oxygens (including phenoxy) is 1.